The smallest absolute Gasteiger partial charge is 0.0921 e. The van der Waals surface area contributed by atoms with E-state index in [0.717, 1.165) is 5.69 Å². The zero-order valence-electron chi connectivity index (χ0n) is 4.79. The fraction of sp³-hybridized carbons (Fsp3) is 0.200. The summed E-state index contributed by atoms with van der Waals surface area (Å²) in [6, 6.07) is 0. The lowest BCUT2D eigenvalue weighted by Crippen LogP contribution is -2.10. The summed E-state index contributed by atoms with van der Waals surface area (Å²) in [6.45, 7) is 0. The Morgan fingerprint density at radius 2 is 2.67 bits per heavy atom. The van der Waals surface area contributed by atoms with Gasteiger partial charge >= 0.3 is 0 Å². The molecular weight excluding hydrogens is 134 g/mol. The fourth-order valence-electron chi connectivity index (χ4n) is 0.569. The first-order chi connectivity index (χ1) is 4.29. The average molecular weight is 141 g/mol. The molecule has 0 amide bonds. The molecule has 0 atom stereocenters. The van der Waals surface area contributed by atoms with Crippen molar-refractivity contribution >= 4 is 17.2 Å². The molecule has 0 aliphatic carbocycles. The molecule has 3 N–H and O–H groups in total. The molecule has 1 heterocycles. The second-order valence-electron chi connectivity index (χ2n) is 1.72. The Labute approximate surface area is 58.3 Å². The van der Waals surface area contributed by atoms with E-state index in [9.17, 15) is 0 Å². The van der Waals surface area contributed by atoms with Crippen LogP contribution in [0.25, 0.3) is 0 Å². The summed E-state index contributed by atoms with van der Waals surface area (Å²) in [6.07, 6.45) is 3.92. The Hall–Kier alpha value is -0.900. The molecule has 48 valence electrons. The summed E-state index contributed by atoms with van der Waals surface area (Å²) in [5.41, 5.74) is 6.23. The van der Waals surface area contributed by atoms with Gasteiger partial charge < -0.3 is 10.7 Å². The van der Waals surface area contributed by atoms with Gasteiger partial charge in [-0.3, -0.25) is 0 Å². The van der Waals surface area contributed by atoms with Gasteiger partial charge in [-0.25, -0.2) is 4.98 Å². The quantitative estimate of drug-likeness (QED) is 0.580. The first kappa shape index (κ1) is 6.22. The monoisotopic (exact) mass is 141 g/mol. The number of hydrogen-bond acceptors (Lipinski definition) is 2. The van der Waals surface area contributed by atoms with E-state index < -0.39 is 0 Å². The highest BCUT2D eigenvalue weighted by Gasteiger charge is 1.93. The molecular formula is C5H7N3S. The molecule has 9 heavy (non-hydrogen) atoms. The standard InChI is InChI=1S/C5H7N3S/c6-5(9)1-4-2-7-3-8-4/h2-3H,1H2,(H2,6,9)(H,7,8). The van der Waals surface area contributed by atoms with Crippen LogP contribution in [0.5, 0.6) is 0 Å². The molecule has 0 radical (unpaired) electrons. The van der Waals surface area contributed by atoms with E-state index in [0.29, 0.717) is 11.4 Å². The van der Waals surface area contributed by atoms with Crippen molar-refractivity contribution in [3.63, 3.8) is 0 Å². The van der Waals surface area contributed by atoms with Crippen LogP contribution in [0, 0.1) is 0 Å². The van der Waals surface area contributed by atoms with Crippen molar-refractivity contribution in [3.05, 3.63) is 18.2 Å². The van der Waals surface area contributed by atoms with E-state index in [4.69, 9.17) is 5.73 Å². The Kier molecular flexibility index (Phi) is 1.79. The Bertz CT molecular complexity index is 192. The zero-order chi connectivity index (χ0) is 6.69. The number of thiocarbonyl (C=S) groups is 1. The Morgan fingerprint density at radius 1 is 1.89 bits per heavy atom. The molecule has 1 aromatic heterocycles. The van der Waals surface area contributed by atoms with Crippen LogP contribution < -0.4 is 5.73 Å². The van der Waals surface area contributed by atoms with Crippen LogP contribution in [-0.2, 0) is 6.42 Å². The number of hydrogen-bond donors (Lipinski definition) is 2. The van der Waals surface area contributed by atoms with Crippen molar-refractivity contribution in [1.82, 2.24) is 9.97 Å². The van der Waals surface area contributed by atoms with Gasteiger partial charge in [0.15, 0.2) is 0 Å². The molecule has 1 rings (SSSR count). The Balaban J connectivity index is 2.58. The third-order valence-corrected chi connectivity index (χ3v) is 1.06. The predicted octanol–water partition coefficient (Wildman–Crippen LogP) is 0.238. The van der Waals surface area contributed by atoms with Crippen molar-refractivity contribution in [2.75, 3.05) is 0 Å². The number of rotatable bonds is 2. The zero-order valence-corrected chi connectivity index (χ0v) is 5.61. The number of nitrogens with zero attached hydrogens (tertiary/aromatic N) is 1. The lowest BCUT2D eigenvalue weighted by atomic mass is 10.3. The minimum Gasteiger partial charge on any atom is -0.393 e. The SMILES string of the molecule is NC(=S)Cc1cnc[nH]1. The van der Waals surface area contributed by atoms with Gasteiger partial charge in [0.1, 0.15) is 0 Å². The molecule has 3 nitrogen and oxygen atoms in total. The summed E-state index contributed by atoms with van der Waals surface area (Å²) >= 11 is 4.67. The van der Waals surface area contributed by atoms with E-state index in [-0.39, 0.29) is 0 Å². The number of H-pyrrole nitrogens is 1. The molecule has 0 fully saturated rings. The lowest BCUT2D eigenvalue weighted by Gasteiger charge is -1.90. The number of nitrogens with two attached hydrogens (primary N) is 1. The highest BCUT2D eigenvalue weighted by molar-refractivity contribution is 7.80. The first-order valence-corrected chi connectivity index (χ1v) is 2.95. The van der Waals surface area contributed by atoms with Crippen LogP contribution in [0.3, 0.4) is 0 Å². The van der Waals surface area contributed by atoms with Gasteiger partial charge in [-0.1, -0.05) is 12.2 Å². The summed E-state index contributed by atoms with van der Waals surface area (Å²) < 4.78 is 0. The molecule has 0 unspecified atom stereocenters. The van der Waals surface area contributed by atoms with Crippen molar-refractivity contribution in [2.24, 2.45) is 5.73 Å². The number of aromatic amines is 1. The van der Waals surface area contributed by atoms with Crippen LogP contribution in [0.4, 0.5) is 0 Å². The molecule has 0 aromatic carbocycles. The molecule has 0 saturated carbocycles. The van der Waals surface area contributed by atoms with Crippen LogP contribution >= 0.6 is 12.2 Å². The van der Waals surface area contributed by atoms with Gasteiger partial charge in [0.25, 0.3) is 0 Å². The second kappa shape index (κ2) is 2.59. The average Bonchev–Trinajstić information content (AvgIpc) is 2.15. The maximum absolute atomic E-state index is 5.27. The van der Waals surface area contributed by atoms with Gasteiger partial charge in [0.2, 0.25) is 0 Å². The van der Waals surface area contributed by atoms with Gasteiger partial charge in [0.05, 0.1) is 11.3 Å². The molecule has 0 aliphatic heterocycles. The summed E-state index contributed by atoms with van der Waals surface area (Å²) in [4.78, 5) is 7.18. The number of nitrogens with one attached hydrogen (secondary N) is 1. The number of aromatic nitrogens is 2. The number of imidazole rings is 1. The van der Waals surface area contributed by atoms with Crippen LogP contribution in [0.1, 0.15) is 5.69 Å². The van der Waals surface area contributed by atoms with E-state index in [1.54, 1.807) is 12.5 Å². The van der Waals surface area contributed by atoms with Gasteiger partial charge in [-0.05, 0) is 0 Å². The molecule has 0 bridgehead atoms. The molecule has 0 saturated heterocycles. The molecule has 1 aromatic rings. The summed E-state index contributed by atoms with van der Waals surface area (Å²) in [7, 11) is 0. The molecule has 0 spiro atoms. The summed E-state index contributed by atoms with van der Waals surface area (Å²) in [5, 5.41) is 0. The second-order valence-corrected chi connectivity index (χ2v) is 2.24. The van der Waals surface area contributed by atoms with E-state index in [1.165, 1.54) is 0 Å². The first-order valence-electron chi connectivity index (χ1n) is 2.54. The van der Waals surface area contributed by atoms with Gasteiger partial charge in [-0.15, -0.1) is 0 Å². The van der Waals surface area contributed by atoms with Crippen LogP contribution in [0.15, 0.2) is 12.5 Å². The minimum absolute atomic E-state index is 0.485. The predicted molar refractivity (Wildman–Crippen MR) is 39.1 cm³/mol. The van der Waals surface area contributed by atoms with Crippen LogP contribution in [-0.4, -0.2) is 15.0 Å². The third kappa shape index (κ3) is 1.81. The normalized spacial score (nSPS) is 9.33. The maximum atomic E-state index is 5.27. The van der Waals surface area contributed by atoms with Crippen molar-refractivity contribution in [1.29, 1.82) is 0 Å². The Morgan fingerprint density at radius 3 is 3.11 bits per heavy atom. The molecule has 4 heteroatoms. The largest absolute Gasteiger partial charge is 0.393 e. The van der Waals surface area contributed by atoms with E-state index in [2.05, 4.69) is 22.2 Å². The minimum atomic E-state index is 0.485. The van der Waals surface area contributed by atoms with E-state index >= 15 is 0 Å². The van der Waals surface area contributed by atoms with Crippen molar-refractivity contribution in [2.45, 2.75) is 6.42 Å². The summed E-state index contributed by atoms with van der Waals surface area (Å²) in [5.74, 6) is 0. The fourth-order valence-corrected chi connectivity index (χ4v) is 0.725. The van der Waals surface area contributed by atoms with Crippen molar-refractivity contribution in [3.8, 4) is 0 Å². The highest BCUT2D eigenvalue weighted by Crippen LogP contribution is 1.90. The van der Waals surface area contributed by atoms with Gasteiger partial charge in [-0.2, -0.15) is 0 Å². The van der Waals surface area contributed by atoms with E-state index in [1.807, 2.05) is 0 Å². The van der Waals surface area contributed by atoms with Crippen LogP contribution in [0.2, 0.25) is 0 Å². The lowest BCUT2D eigenvalue weighted by molar-refractivity contribution is 1.19. The highest BCUT2D eigenvalue weighted by atomic mass is 32.1. The van der Waals surface area contributed by atoms with Crippen molar-refractivity contribution < 1.29 is 0 Å². The topological polar surface area (TPSA) is 54.7 Å². The maximum Gasteiger partial charge on any atom is 0.0921 e. The van der Waals surface area contributed by atoms with Gasteiger partial charge in [0, 0.05) is 18.3 Å². The third-order valence-electron chi connectivity index (χ3n) is 0.920. The molecule has 0 aliphatic rings.